The number of nitrogens with zero attached hydrogens (tertiary/aromatic N) is 1. The number of methoxy groups -OCH3 is 1. The summed E-state index contributed by atoms with van der Waals surface area (Å²) >= 11 is 5.50. The van der Waals surface area contributed by atoms with Crippen molar-refractivity contribution in [3.8, 4) is 11.4 Å². The molecule has 0 spiro atoms. The fraction of sp³-hybridized carbons (Fsp3) is 0.188. The minimum atomic E-state index is 0.679. The monoisotopic (exact) mass is 284 g/mol. The maximum absolute atomic E-state index is 5.50. The molecule has 20 heavy (non-hydrogen) atoms. The quantitative estimate of drug-likeness (QED) is 0.710. The van der Waals surface area contributed by atoms with Gasteiger partial charge in [-0.05, 0) is 55.4 Å². The zero-order valence-electron chi connectivity index (χ0n) is 11.7. The summed E-state index contributed by atoms with van der Waals surface area (Å²) in [5, 5.41) is 0. The van der Waals surface area contributed by atoms with E-state index in [4.69, 9.17) is 17.0 Å². The molecule has 1 heterocycles. The van der Waals surface area contributed by atoms with Crippen molar-refractivity contribution in [3.05, 3.63) is 52.3 Å². The largest absolute Gasteiger partial charge is 0.494 e. The number of nitrogens with one attached hydrogen (secondary N) is 1. The van der Waals surface area contributed by atoms with Crippen LogP contribution in [0.15, 0.2) is 36.4 Å². The van der Waals surface area contributed by atoms with Gasteiger partial charge in [0.1, 0.15) is 11.3 Å². The van der Waals surface area contributed by atoms with Crippen LogP contribution in [0, 0.1) is 18.6 Å². The number of ether oxygens (including phenoxy) is 1. The van der Waals surface area contributed by atoms with E-state index in [9.17, 15) is 0 Å². The maximum Gasteiger partial charge on any atom is 0.182 e. The molecule has 1 aromatic heterocycles. The number of benzene rings is 2. The third-order valence-corrected chi connectivity index (χ3v) is 3.79. The number of H-pyrrole nitrogens is 1. The Morgan fingerprint density at radius 2 is 1.95 bits per heavy atom. The Bertz CT molecular complexity index is 845. The van der Waals surface area contributed by atoms with Crippen LogP contribution < -0.4 is 4.74 Å². The number of para-hydroxylation sites is 1. The van der Waals surface area contributed by atoms with Gasteiger partial charge in [0.15, 0.2) is 4.77 Å². The molecule has 102 valence electrons. The van der Waals surface area contributed by atoms with Crippen LogP contribution in [0.25, 0.3) is 16.7 Å². The summed E-state index contributed by atoms with van der Waals surface area (Å²) in [6, 6.07) is 12.3. The first-order valence-electron chi connectivity index (χ1n) is 6.47. The van der Waals surface area contributed by atoms with E-state index >= 15 is 0 Å². The van der Waals surface area contributed by atoms with Crippen LogP contribution in [0.3, 0.4) is 0 Å². The van der Waals surface area contributed by atoms with Crippen molar-refractivity contribution >= 4 is 23.3 Å². The molecular formula is C16H16N2OS. The molecule has 0 atom stereocenters. The van der Waals surface area contributed by atoms with Gasteiger partial charge in [0.2, 0.25) is 0 Å². The molecule has 0 fully saturated rings. The third-order valence-electron chi connectivity index (χ3n) is 3.51. The Labute approximate surface area is 122 Å². The SMILES string of the molecule is COc1cccc2c1[nH]c(=S)n2-c1cc(C)ccc1C. The number of hydrogen-bond donors (Lipinski definition) is 1. The molecule has 3 aromatic rings. The topological polar surface area (TPSA) is 29.9 Å². The summed E-state index contributed by atoms with van der Waals surface area (Å²) in [6.07, 6.45) is 0. The smallest absolute Gasteiger partial charge is 0.182 e. The van der Waals surface area contributed by atoms with Gasteiger partial charge in [-0.1, -0.05) is 18.2 Å². The van der Waals surface area contributed by atoms with E-state index in [1.165, 1.54) is 11.1 Å². The van der Waals surface area contributed by atoms with Crippen LogP contribution in [0.5, 0.6) is 5.75 Å². The number of aromatic nitrogens is 2. The summed E-state index contributed by atoms with van der Waals surface area (Å²) in [5.41, 5.74) is 5.47. The van der Waals surface area contributed by atoms with Crippen LogP contribution >= 0.6 is 12.2 Å². The molecule has 0 aliphatic carbocycles. The van der Waals surface area contributed by atoms with E-state index < -0.39 is 0 Å². The molecule has 0 unspecified atom stereocenters. The van der Waals surface area contributed by atoms with Gasteiger partial charge < -0.3 is 9.72 Å². The highest BCUT2D eigenvalue weighted by Gasteiger charge is 2.11. The van der Waals surface area contributed by atoms with E-state index in [2.05, 4.69) is 41.6 Å². The molecule has 0 saturated heterocycles. The number of fused-ring (bicyclic) bond motifs is 1. The molecule has 1 N–H and O–H groups in total. The highest BCUT2D eigenvalue weighted by atomic mass is 32.1. The standard InChI is InChI=1S/C16H16N2OS/c1-10-7-8-11(2)13(9-10)18-12-5-4-6-14(19-3)15(12)17-16(18)20/h4-9H,1-3H3,(H,17,20). The zero-order chi connectivity index (χ0) is 14.3. The first kappa shape index (κ1) is 12.9. The maximum atomic E-state index is 5.50. The van der Waals surface area contributed by atoms with Gasteiger partial charge in [-0.2, -0.15) is 0 Å². The normalized spacial score (nSPS) is 10.9. The minimum absolute atomic E-state index is 0.679. The van der Waals surface area contributed by atoms with Crippen molar-refractivity contribution in [2.75, 3.05) is 7.11 Å². The Morgan fingerprint density at radius 3 is 2.70 bits per heavy atom. The molecule has 0 aliphatic heterocycles. The first-order valence-corrected chi connectivity index (χ1v) is 6.88. The lowest BCUT2D eigenvalue weighted by molar-refractivity contribution is 0.419. The average Bonchev–Trinajstić information content (AvgIpc) is 2.77. The van der Waals surface area contributed by atoms with Gasteiger partial charge in [-0.15, -0.1) is 0 Å². The van der Waals surface area contributed by atoms with Gasteiger partial charge in [-0.3, -0.25) is 4.57 Å². The predicted molar refractivity (Wildman–Crippen MR) is 84.5 cm³/mol. The molecule has 3 rings (SSSR count). The number of rotatable bonds is 2. The molecule has 0 amide bonds. The van der Waals surface area contributed by atoms with Crippen molar-refractivity contribution in [2.24, 2.45) is 0 Å². The molecule has 0 radical (unpaired) electrons. The lowest BCUT2D eigenvalue weighted by Gasteiger charge is -2.10. The summed E-state index contributed by atoms with van der Waals surface area (Å²) in [5.74, 6) is 0.803. The molecule has 0 saturated carbocycles. The lowest BCUT2D eigenvalue weighted by Crippen LogP contribution is -1.97. The number of hydrogen-bond acceptors (Lipinski definition) is 2. The molecule has 0 bridgehead atoms. The second kappa shape index (κ2) is 4.80. The van der Waals surface area contributed by atoms with Crippen LogP contribution in [-0.2, 0) is 0 Å². The molecular weight excluding hydrogens is 268 g/mol. The third kappa shape index (κ3) is 1.93. The number of imidazole rings is 1. The Morgan fingerprint density at radius 1 is 1.15 bits per heavy atom. The fourth-order valence-electron chi connectivity index (χ4n) is 2.47. The summed E-state index contributed by atoms with van der Waals surface area (Å²) in [6.45, 7) is 4.18. The van der Waals surface area contributed by atoms with Gasteiger partial charge in [0, 0.05) is 0 Å². The van der Waals surface area contributed by atoms with Crippen LogP contribution in [0.1, 0.15) is 11.1 Å². The van der Waals surface area contributed by atoms with Crippen molar-refractivity contribution in [1.82, 2.24) is 9.55 Å². The van der Waals surface area contributed by atoms with E-state index in [1.54, 1.807) is 7.11 Å². The van der Waals surface area contributed by atoms with Crippen molar-refractivity contribution in [1.29, 1.82) is 0 Å². The van der Waals surface area contributed by atoms with Crippen molar-refractivity contribution in [2.45, 2.75) is 13.8 Å². The van der Waals surface area contributed by atoms with E-state index in [-0.39, 0.29) is 0 Å². The fourth-order valence-corrected chi connectivity index (χ4v) is 2.77. The Balaban J connectivity index is 2.40. The highest BCUT2D eigenvalue weighted by Crippen LogP contribution is 2.28. The minimum Gasteiger partial charge on any atom is -0.494 e. The van der Waals surface area contributed by atoms with Crippen molar-refractivity contribution in [3.63, 3.8) is 0 Å². The number of aromatic amines is 1. The molecule has 0 aliphatic rings. The van der Waals surface area contributed by atoms with Gasteiger partial charge in [-0.25, -0.2) is 0 Å². The van der Waals surface area contributed by atoms with Crippen LogP contribution in [-0.4, -0.2) is 16.7 Å². The molecule has 3 nitrogen and oxygen atoms in total. The summed E-state index contributed by atoms with van der Waals surface area (Å²) in [4.78, 5) is 3.24. The van der Waals surface area contributed by atoms with Gasteiger partial charge in [0.05, 0.1) is 18.3 Å². The van der Waals surface area contributed by atoms with E-state index in [0.29, 0.717) is 4.77 Å². The van der Waals surface area contributed by atoms with Crippen LogP contribution in [0.4, 0.5) is 0 Å². The Kier molecular flexibility index (Phi) is 3.10. The Hall–Kier alpha value is -2.07. The van der Waals surface area contributed by atoms with Crippen molar-refractivity contribution < 1.29 is 4.74 Å². The predicted octanol–water partition coefficient (Wildman–Crippen LogP) is 4.31. The average molecular weight is 284 g/mol. The van der Waals surface area contributed by atoms with Gasteiger partial charge >= 0.3 is 0 Å². The number of aryl methyl sites for hydroxylation is 2. The van der Waals surface area contributed by atoms with E-state index in [0.717, 1.165) is 22.5 Å². The second-order valence-electron chi connectivity index (χ2n) is 4.91. The second-order valence-corrected chi connectivity index (χ2v) is 5.30. The summed E-state index contributed by atoms with van der Waals surface area (Å²) < 4.78 is 8.14. The lowest BCUT2D eigenvalue weighted by atomic mass is 10.1. The van der Waals surface area contributed by atoms with Crippen LogP contribution in [0.2, 0.25) is 0 Å². The molecule has 2 aromatic carbocycles. The first-order chi connectivity index (χ1) is 9.61. The van der Waals surface area contributed by atoms with E-state index in [1.807, 2.05) is 18.2 Å². The summed E-state index contributed by atoms with van der Waals surface area (Å²) in [7, 11) is 1.67. The highest BCUT2D eigenvalue weighted by molar-refractivity contribution is 7.71. The molecule has 4 heteroatoms. The zero-order valence-corrected chi connectivity index (χ0v) is 12.5. The van der Waals surface area contributed by atoms with Gasteiger partial charge in [0.25, 0.3) is 0 Å².